The summed E-state index contributed by atoms with van der Waals surface area (Å²) in [5.41, 5.74) is -7.61. The van der Waals surface area contributed by atoms with Crippen molar-refractivity contribution in [3.63, 3.8) is 0 Å². The predicted molar refractivity (Wildman–Crippen MR) is 96.2 cm³/mol. The summed E-state index contributed by atoms with van der Waals surface area (Å²) in [6.45, 7) is 3.20. The Kier molecular flexibility index (Phi) is 5.49. The molecule has 0 aromatic heterocycles. The average Bonchev–Trinajstić information content (AvgIpc) is 2.64. The molecule has 8 nitrogen and oxygen atoms in total. The van der Waals surface area contributed by atoms with Crippen LogP contribution in [-0.2, 0) is 9.59 Å². The highest BCUT2D eigenvalue weighted by Gasteiger charge is 2.69. The molecule has 2 aromatic rings. The maximum absolute atomic E-state index is 12.9. The van der Waals surface area contributed by atoms with E-state index in [1.807, 2.05) is 0 Å². The SMILES string of the molecule is Cc1cc(C)cc(C(=O)[C@@](O)(C(=O)O)[C@](O)(C(=O)O)C(=O)c2ccccc2)c1. The number of aliphatic hydroxyl groups is 2. The van der Waals surface area contributed by atoms with E-state index in [1.165, 1.54) is 30.3 Å². The number of carbonyl (C=O) groups excluding carboxylic acids is 2. The van der Waals surface area contributed by atoms with Gasteiger partial charge in [-0.25, -0.2) is 9.59 Å². The highest BCUT2D eigenvalue weighted by Crippen LogP contribution is 2.32. The summed E-state index contributed by atoms with van der Waals surface area (Å²) in [5.74, 6) is -8.00. The van der Waals surface area contributed by atoms with Gasteiger partial charge in [-0.15, -0.1) is 0 Å². The molecule has 0 unspecified atom stereocenters. The lowest BCUT2D eigenvalue weighted by molar-refractivity contribution is -0.187. The molecule has 0 aliphatic rings. The minimum Gasteiger partial charge on any atom is -0.479 e. The van der Waals surface area contributed by atoms with Gasteiger partial charge in [0.05, 0.1) is 0 Å². The van der Waals surface area contributed by atoms with Crippen LogP contribution in [-0.4, -0.2) is 55.1 Å². The molecule has 4 N–H and O–H groups in total. The van der Waals surface area contributed by atoms with Gasteiger partial charge in [-0.1, -0.05) is 47.5 Å². The third kappa shape index (κ3) is 3.19. The predicted octanol–water partition coefficient (Wildman–Crippen LogP) is 1.00. The summed E-state index contributed by atoms with van der Waals surface area (Å²) in [6, 6.07) is 10.6. The average molecular weight is 386 g/mol. The maximum atomic E-state index is 12.9. The molecule has 0 bridgehead atoms. The van der Waals surface area contributed by atoms with Gasteiger partial charge in [-0.05, 0) is 26.0 Å². The number of hydrogen-bond donors (Lipinski definition) is 4. The molecule has 146 valence electrons. The third-order valence-corrected chi connectivity index (χ3v) is 4.32. The van der Waals surface area contributed by atoms with E-state index in [2.05, 4.69) is 0 Å². The second-order valence-corrected chi connectivity index (χ2v) is 6.43. The topological polar surface area (TPSA) is 149 Å². The molecular formula is C20H18O8. The molecule has 2 rings (SSSR count). The molecule has 0 amide bonds. The van der Waals surface area contributed by atoms with Crippen LogP contribution in [0.3, 0.4) is 0 Å². The van der Waals surface area contributed by atoms with E-state index in [0.29, 0.717) is 11.1 Å². The lowest BCUT2D eigenvalue weighted by Crippen LogP contribution is -2.71. The molecule has 2 atom stereocenters. The summed E-state index contributed by atoms with van der Waals surface area (Å²) >= 11 is 0. The molecule has 28 heavy (non-hydrogen) atoms. The zero-order chi connectivity index (χ0) is 21.3. The maximum Gasteiger partial charge on any atom is 0.348 e. The van der Waals surface area contributed by atoms with Gasteiger partial charge in [0.1, 0.15) is 0 Å². The van der Waals surface area contributed by atoms with Crippen molar-refractivity contribution in [1.29, 1.82) is 0 Å². The molecule has 0 spiro atoms. The number of carbonyl (C=O) groups is 4. The number of carboxylic acids is 2. The first kappa shape index (κ1) is 20.9. The van der Waals surface area contributed by atoms with Crippen LogP contribution in [0.5, 0.6) is 0 Å². The lowest BCUT2D eigenvalue weighted by Gasteiger charge is -2.34. The number of carboxylic acid groups (broad SMARTS) is 2. The quantitative estimate of drug-likeness (QED) is 0.407. The largest absolute Gasteiger partial charge is 0.479 e. The summed E-state index contributed by atoms with van der Waals surface area (Å²) in [7, 11) is 0. The van der Waals surface area contributed by atoms with E-state index in [9.17, 15) is 39.6 Å². The second kappa shape index (κ2) is 7.34. The van der Waals surface area contributed by atoms with Crippen LogP contribution in [0.4, 0.5) is 0 Å². The van der Waals surface area contributed by atoms with Gasteiger partial charge < -0.3 is 20.4 Å². The van der Waals surface area contributed by atoms with Crippen molar-refractivity contribution in [2.24, 2.45) is 0 Å². The Morgan fingerprint density at radius 3 is 1.46 bits per heavy atom. The number of aliphatic carboxylic acids is 2. The van der Waals surface area contributed by atoms with Crippen LogP contribution in [0.15, 0.2) is 48.5 Å². The van der Waals surface area contributed by atoms with Gasteiger partial charge >= 0.3 is 11.9 Å². The monoisotopic (exact) mass is 386 g/mol. The molecule has 0 fully saturated rings. The van der Waals surface area contributed by atoms with Crippen molar-refractivity contribution in [1.82, 2.24) is 0 Å². The summed E-state index contributed by atoms with van der Waals surface area (Å²) in [4.78, 5) is 49.3. The molecule has 0 heterocycles. The van der Waals surface area contributed by atoms with Crippen LogP contribution in [0.1, 0.15) is 31.8 Å². The number of Topliss-reactive ketones (excluding diaryl/α,β-unsaturated/α-hetero) is 2. The number of benzene rings is 2. The molecule has 0 saturated heterocycles. The molecule has 0 aliphatic heterocycles. The minimum absolute atomic E-state index is 0.358. The highest BCUT2D eigenvalue weighted by molar-refractivity contribution is 6.28. The zero-order valence-corrected chi connectivity index (χ0v) is 15.0. The Morgan fingerprint density at radius 1 is 0.679 bits per heavy atom. The van der Waals surface area contributed by atoms with Crippen molar-refractivity contribution in [3.8, 4) is 0 Å². The van der Waals surface area contributed by atoms with Gasteiger partial charge in [0, 0.05) is 11.1 Å². The first-order valence-electron chi connectivity index (χ1n) is 8.10. The molecule has 2 aromatic carbocycles. The third-order valence-electron chi connectivity index (χ3n) is 4.32. The molecule has 0 saturated carbocycles. The van der Waals surface area contributed by atoms with Gasteiger partial charge in [-0.2, -0.15) is 0 Å². The van der Waals surface area contributed by atoms with Gasteiger partial charge in [-0.3, -0.25) is 9.59 Å². The van der Waals surface area contributed by atoms with Crippen LogP contribution < -0.4 is 0 Å². The first-order chi connectivity index (χ1) is 13.0. The smallest absolute Gasteiger partial charge is 0.348 e. The fourth-order valence-electron chi connectivity index (χ4n) is 2.95. The fourth-order valence-corrected chi connectivity index (χ4v) is 2.95. The lowest BCUT2D eigenvalue weighted by atomic mass is 9.73. The summed E-state index contributed by atoms with van der Waals surface area (Å²) in [6.07, 6.45) is 0. The van der Waals surface area contributed by atoms with E-state index in [0.717, 1.165) is 12.1 Å². The van der Waals surface area contributed by atoms with Crippen LogP contribution in [0.2, 0.25) is 0 Å². The Labute approximate surface area is 159 Å². The van der Waals surface area contributed by atoms with Gasteiger partial charge in [0.15, 0.2) is 0 Å². The summed E-state index contributed by atoms with van der Waals surface area (Å²) < 4.78 is 0. The fraction of sp³-hybridized carbons (Fsp3) is 0.200. The Morgan fingerprint density at radius 2 is 1.07 bits per heavy atom. The van der Waals surface area contributed by atoms with Crippen LogP contribution in [0, 0.1) is 13.8 Å². The van der Waals surface area contributed by atoms with Gasteiger partial charge in [0.25, 0.3) is 11.2 Å². The minimum atomic E-state index is -3.97. The zero-order valence-electron chi connectivity index (χ0n) is 15.0. The van der Waals surface area contributed by atoms with Crippen molar-refractivity contribution >= 4 is 23.5 Å². The number of aryl methyl sites for hydroxylation is 2. The van der Waals surface area contributed by atoms with E-state index in [4.69, 9.17) is 0 Å². The van der Waals surface area contributed by atoms with Crippen molar-refractivity contribution in [2.45, 2.75) is 25.0 Å². The molecular weight excluding hydrogens is 368 g/mol. The van der Waals surface area contributed by atoms with Gasteiger partial charge in [0.2, 0.25) is 11.6 Å². The number of hydrogen-bond acceptors (Lipinski definition) is 6. The summed E-state index contributed by atoms with van der Waals surface area (Å²) in [5, 5.41) is 40.4. The Bertz CT molecular complexity index is 945. The highest BCUT2D eigenvalue weighted by atomic mass is 16.5. The number of rotatable bonds is 7. The van der Waals surface area contributed by atoms with E-state index in [-0.39, 0.29) is 11.1 Å². The molecule has 8 heteroatoms. The first-order valence-corrected chi connectivity index (χ1v) is 8.10. The normalized spacial score (nSPS) is 15.1. The molecule has 0 aliphatic carbocycles. The molecule has 0 radical (unpaired) electrons. The van der Waals surface area contributed by atoms with E-state index < -0.39 is 34.7 Å². The van der Waals surface area contributed by atoms with E-state index >= 15 is 0 Å². The van der Waals surface area contributed by atoms with Crippen molar-refractivity contribution < 1.29 is 39.6 Å². The van der Waals surface area contributed by atoms with Crippen molar-refractivity contribution in [2.75, 3.05) is 0 Å². The Balaban J connectivity index is 2.75. The van der Waals surface area contributed by atoms with Crippen LogP contribution >= 0.6 is 0 Å². The standard InChI is InChI=1S/C20H18O8/c1-11-8-12(2)10-14(9-11)16(22)20(28,18(25)26)19(27,17(23)24)15(21)13-6-4-3-5-7-13/h3-10,27-28H,1-2H3,(H,23,24)(H,25,26)/t19-,20-/m1/s1. The number of ketones is 2. The van der Waals surface area contributed by atoms with E-state index in [1.54, 1.807) is 19.9 Å². The van der Waals surface area contributed by atoms with Crippen molar-refractivity contribution in [3.05, 3.63) is 70.8 Å². The Hall–Kier alpha value is -3.36. The second-order valence-electron chi connectivity index (χ2n) is 6.43. The van der Waals surface area contributed by atoms with Crippen LogP contribution in [0.25, 0.3) is 0 Å².